The van der Waals surface area contributed by atoms with Crippen LogP contribution in [-0.4, -0.2) is 54.2 Å². The van der Waals surface area contributed by atoms with E-state index >= 15 is 9.59 Å². The number of halogens is 1. The molecule has 0 radical (unpaired) electrons. The minimum absolute atomic E-state index is 0.00186. The third-order valence-corrected chi connectivity index (χ3v) is 19.1. The van der Waals surface area contributed by atoms with Gasteiger partial charge in [-0.2, -0.15) is 0 Å². The molecule has 9 rings (SSSR count). The van der Waals surface area contributed by atoms with E-state index in [0.717, 1.165) is 48.2 Å². The van der Waals surface area contributed by atoms with Gasteiger partial charge in [-0.1, -0.05) is 123 Å². The first kappa shape index (κ1) is 43.2. The van der Waals surface area contributed by atoms with Gasteiger partial charge in [-0.05, 0) is 102 Å². The van der Waals surface area contributed by atoms with Crippen molar-refractivity contribution in [2.24, 2.45) is 11.8 Å². The minimum atomic E-state index is -2.92. The zero-order valence-electron chi connectivity index (χ0n) is 36.9. The second kappa shape index (κ2) is 16.8. The molecule has 4 aromatic carbocycles. The number of Topliss-reactive ketones (excluding diaryl/α,β-unsaturated/α-hetero) is 2. The molecule has 1 saturated heterocycles. The number of hydrogen-bond donors (Lipinski definition) is 2. The van der Waals surface area contributed by atoms with Crippen LogP contribution < -0.4 is 14.8 Å². The van der Waals surface area contributed by atoms with Gasteiger partial charge >= 0.3 is 0 Å². The third kappa shape index (κ3) is 7.55. The Hall–Kier alpha value is -5.04. The van der Waals surface area contributed by atoms with E-state index in [1.165, 1.54) is 5.56 Å². The summed E-state index contributed by atoms with van der Waals surface area (Å²) in [6, 6.07) is 31.2. The van der Waals surface area contributed by atoms with Crippen molar-refractivity contribution in [1.82, 2.24) is 15.4 Å². The van der Waals surface area contributed by atoms with Gasteiger partial charge in [0.25, 0.3) is 5.88 Å². The van der Waals surface area contributed by atoms with Crippen LogP contribution in [0.3, 0.4) is 0 Å². The van der Waals surface area contributed by atoms with Gasteiger partial charge in [0.05, 0.1) is 11.6 Å². The van der Waals surface area contributed by atoms with Crippen LogP contribution in [-0.2, 0) is 35.4 Å². The monoisotopic (exact) mass is 885 g/mol. The fraction of sp³-hybridized carbons (Fsp3) is 0.392. The molecule has 1 unspecified atom stereocenters. The summed E-state index contributed by atoms with van der Waals surface area (Å²) in [6.45, 7) is 12.4. The molecule has 1 aromatic heterocycles. The van der Waals surface area contributed by atoms with Gasteiger partial charge in [0, 0.05) is 29.1 Å². The predicted molar refractivity (Wildman–Crippen MR) is 245 cm³/mol. The molecular weight excluding hydrogens is 830 g/mol. The van der Waals surface area contributed by atoms with Crippen LogP contribution in [0.15, 0.2) is 107 Å². The molecule has 63 heavy (non-hydrogen) atoms. The summed E-state index contributed by atoms with van der Waals surface area (Å²) in [7, 11) is -1.13. The molecule has 4 aliphatic rings. The summed E-state index contributed by atoms with van der Waals surface area (Å²) in [5.74, 6) is -1.80. The van der Waals surface area contributed by atoms with Crippen LogP contribution in [0.4, 0.5) is 0 Å². The van der Waals surface area contributed by atoms with E-state index in [2.05, 4.69) is 60.4 Å². The standard InChI is InChI=1S/C51H56ClN3O7Si/c1-50(2,3)63(5,6)62-51-37(44(53-4)46-42(48(51)58)49(54-61-46)60-30-33-21-14-9-15-22-33)26-34-25-36-41(45(56)40(34)47(51)57)39(59-29-32-19-12-8-13-20-32)27-35(43(36)52)38-23-16-24-55(38)28-31-17-10-7-11-18-31/h7-15,17-22,27,34,37-38,44,53,56H,16,23-26,28-30H2,1-6H3/t34-,37-,38?,44-,51-/m0/s1. The predicted octanol–water partition coefficient (Wildman–Crippen LogP) is 10.8. The van der Waals surface area contributed by atoms with Crippen molar-refractivity contribution in [3.8, 4) is 11.6 Å². The highest BCUT2D eigenvalue weighted by Crippen LogP contribution is 2.59. The number of carbonyl (C=O) groups excluding carboxylic acids is 2. The zero-order valence-corrected chi connectivity index (χ0v) is 38.6. The highest BCUT2D eigenvalue weighted by molar-refractivity contribution is 6.74. The molecule has 5 atom stereocenters. The Kier molecular flexibility index (Phi) is 11.5. The third-order valence-electron chi connectivity index (χ3n) is 14.2. The molecule has 5 aromatic rings. The first-order valence-electron chi connectivity index (χ1n) is 22.1. The number of hydrogen-bond acceptors (Lipinski definition) is 10. The van der Waals surface area contributed by atoms with Crippen molar-refractivity contribution in [3.05, 3.63) is 152 Å². The van der Waals surface area contributed by atoms with E-state index in [9.17, 15) is 5.11 Å². The topological polar surface area (TPSA) is 123 Å². The lowest BCUT2D eigenvalue weighted by atomic mass is 9.57. The molecule has 0 spiro atoms. The molecule has 2 N–H and O–H groups in total. The largest absolute Gasteiger partial charge is 0.507 e. The van der Waals surface area contributed by atoms with Crippen LogP contribution in [0.25, 0.3) is 5.76 Å². The highest BCUT2D eigenvalue weighted by Gasteiger charge is 2.68. The van der Waals surface area contributed by atoms with E-state index in [1.807, 2.05) is 85.9 Å². The lowest BCUT2D eigenvalue weighted by Gasteiger charge is -2.54. The van der Waals surface area contributed by atoms with Crippen molar-refractivity contribution in [2.45, 2.75) is 102 Å². The van der Waals surface area contributed by atoms with Crippen LogP contribution in [0.2, 0.25) is 23.2 Å². The number of fused-ring (bicyclic) bond motifs is 4. The Labute approximate surface area is 375 Å². The summed E-state index contributed by atoms with van der Waals surface area (Å²) in [5.41, 5.74) is 3.34. The molecular formula is C51H56ClN3O7Si. The average Bonchev–Trinajstić information content (AvgIpc) is 3.92. The van der Waals surface area contributed by atoms with E-state index < -0.39 is 43.4 Å². The second-order valence-electron chi connectivity index (χ2n) is 19.0. The molecule has 2 heterocycles. The smallest absolute Gasteiger partial charge is 0.265 e. The Morgan fingerprint density at radius 2 is 1.52 bits per heavy atom. The number of aliphatic hydroxyl groups excluding tert-OH is 1. The normalized spacial score (nSPS) is 23.5. The van der Waals surface area contributed by atoms with Crippen LogP contribution >= 0.6 is 11.6 Å². The number of aromatic nitrogens is 1. The van der Waals surface area contributed by atoms with Gasteiger partial charge in [-0.3, -0.25) is 14.5 Å². The van der Waals surface area contributed by atoms with E-state index in [1.54, 1.807) is 7.05 Å². The van der Waals surface area contributed by atoms with Crippen molar-refractivity contribution >= 4 is 37.2 Å². The Balaban J connectivity index is 1.19. The van der Waals surface area contributed by atoms with Crippen molar-refractivity contribution < 1.29 is 33.1 Å². The summed E-state index contributed by atoms with van der Waals surface area (Å²) < 4.78 is 26.2. The second-order valence-corrected chi connectivity index (χ2v) is 24.2. The molecule has 1 aliphatic heterocycles. The van der Waals surface area contributed by atoms with Gasteiger partial charge in [0.15, 0.2) is 19.7 Å². The number of ketones is 2. The lowest BCUT2D eigenvalue weighted by molar-refractivity contribution is -0.138. The molecule has 1 saturated carbocycles. The maximum atomic E-state index is 16.0. The van der Waals surface area contributed by atoms with Gasteiger partial charge < -0.3 is 28.8 Å². The Bertz CT molecular complexity index is 2560. The quantitative estimate of drug-likeness (QED) is 0.0924. The Morgan fingerprint density at radius 3 is 2.14 bits per heavy atom. The van der Waals surface area contributed by atoms with Gasteiger partial charge in [0.2, 0.25) is 11.6 Å². The number of nitrogens with zero attached hydrogens (tertiary/aromatic N) is 2. The molecule has 3 aliphatic carbocycles. The van der Waals surface area contributed by atoms with Crippen molar-refractivity contribution in [2.75, 3.05) is 13.6 Å². The first-order valence-corrected chi connectivity index (χ1v) is 25.4. The van der Waals surface area contributed by atoms with E-state index in [0.29, 0.717) is 34.9 Å². The molecule has 2 fully saturated rings. The first-order chi connectivity index (χ1) is 30.2. The number of nitrogens with one attached hydrogen (secondary N) is 1. The summed E-state index contributed by atoms with van der Waals surface area (Å²) in [4.78, 5) is 34.0. The molecule has 328 valence electrons. The maximum absolute atomic E-state index is 16.0. The SMILES string of the molecule is CN[C@@H]1c2onc(OCc3ccccc3)c2C(=O)[C@@]2(O[Si](C)(C)C(C)(C)C)C(=O)C3=C(O)c4c(OCc5ccccc5)cc(C5CCCN5Cc5ccccc5)c(Cl)c4C[C@H]3C[C@@H]12. The van der Waals surface area contributed by atoms with Crippen LogP contribution in [0, 0.1) is 11.8 Å². The highest BCUT2D eigenvalue weighted by atomic mass is 35.5. The zero-order chi connectivity index (χ0) is 44.3. The van der Waals surface area contributed by atoms with Gasteiger partial charge in [-0.15, -0.1) is 0 Å². The van der Waals surface area contributed by atoms with Crippen LogP contribution in [0.5, 0.6) is 11.6 Å². The Morgan fingerprint density at radius 1 is 0.905 bits per heavy atom. The number of rotatable bonds is 12. The van der Waals surface area contributed by atoms with Crippen molar-refractivity contribution in [1.29, 1.82) is 0 Å². The summed E-state index contributed by atoms with van der Waals surface area (Å²) in [6.07, 6.45) is 2.60. The van der Waals surface area contributed by atoms with E-state index in [4.69, 9.17) is 30.0 Å². The van der Waals surface area contributed by atoms with E-state index in [-0.39, 0.29) is 47.1 Å². The fourth-order valence-electron chi connectivity index (χ4n) is 10.0. The number of carbonyl (C=O) groups is 2. The molecule has 10 nitrogen and oxygen atoms in total. The molecule has 0 bridgehead atoms. The average molecular weight is 887 g/mol. The van der Waals surface area contributed by atoms with Crippen molar-refractivity contribution in [3.63, 3.8) is 0 Å². The fourth-order valence-corrected chi connectivity index (χ4v) is 11.8. The number of ether oxygens (including phenoxy) is 2. The maximum Gasteiger partial charge on any atom is 0.265 e. The molecule has 12 heteroatoms. The minimum Gasteiger partial charge on any atom is -0.507 e. The van der Waals surface area contributed by atoms with Gasteiger partial charge in [-0.25, -0.2) is 0 Å². The van der Waals surface area contributed by atoms with Gasteiger partial charge in [0.1, 0.15) is 30.3 Å². The summed E-state index contributed by atoms with van der Waals surface area (Å²) in [5, 5.41) is 20.7. The number of aliphatic hydroxyl groups is 1. The summed E-state index contributed by atoms with van der Waals surface area (Å²) >= 11 is 7.60. The number of likely N-dealkylation sites (tertiary alicyclic amines) is 1. The number of benzene rings is 4. The van der Waals surface area contributed by atoms with Crippen LogP contribution in [0.1, 0.15) is 102 Å². The lowest BCUT2D eigenvalue weighted by Crippen LogP contribution is -2.68. The molecule has 0 amide bonds.